The lowest BCUT2D eigenvalue weighted by Gasteiger charge is -2.50. The van der Waals surface area contributed by atoms with Crippen molar-refractivity contribution in [2.24, 2.45) is 0 Å². The first kappa shape index (κ1) is 52.6. The number of aliphatic hydroxyl groups excluding tert-OH is 18. The van der Waals surface area contributed by atoms with Crippen molar-refractivity contribution >= 4 is 0 Å². The summed E-state index contributed by atoms with van der Waals surface area (Å²) in [7, 11) is 0. The van der Waals surface area contributed by atoms with Gasteiger partial charge in [0.1, 0.15) is 146 Å². The Labute approximate surface area is 372 Å². The molecule has 22 fully saturated rings. The van der Waals surface area contributed by atoms with E-state index in [0.717, 1.165) is 0 Å². The average molecular weight is 973 g/mol. The average Bonchev–Trinajstić information content (AvgIpc) is 3.31. The quantitative estimate of drug-likeness (QED) is 0.117. The minimum Gasteiger partial charge on any atom is -0.394 e. The number of hydrogen-bond donors (Lipinski definition) is 18. The molecule has 22 aliphatic heterocycles. The SMILES string of the molecule is OCC1OC2OC3C(CO)OC(OC4C(CO)OC(OC5C(CO)OC(O[C@@H]6C(CO)OC(OC7C(CO)OC(OC1C(O)C2O)C(O)C7O)C(O)C6O)C(O)C5O)[C@@H](O)C4O)C(O)C3O. The van der Waals surface area contributed by atoms with Gasteiger partial charge in [0.05, 0.1) is 39.6 Å². The van der Waals surface area contributed by atoms with Crippen molar-refractivity contribution in [2.45, 2.75) is 184 Å². The van der Waals surface area contributed by atoms with E-state index in [0.29, 0.717) is 0 Å². The van der Waals surface area contributed by atoms with E-state index in [2.05, 4.69) is 0 Å². The van der Waals surface area contributed by atoms with Crippen molar-refractivity contribution in [1.29, 1.82) is 0 Å². The van der Waals surface area contributed by atoms with Crippen molar-refractivity contribution in [3.63, 3.8) is 0 Å². The topological polar surface area (TPSA) is 475 Å². The maximum absolute atomic E-state index is 11.2. The first-order valence-corrected chi connectivity index (χ1v) is 21.1. The fraction of sp³-hybridized carbons (Fsp3) is 1.00. The van der Waals surface area contributed by atoms with Gasteiger partial charge >= 0.3 is 0 Å². The van der Waals surface area contributed by atoms with E-state index in [1.165, 1.54) is 0 Å². The molecule has 30 heteroatoms. The molecule has 22 aliphatic rings. The molecule has 0 aromatic carbocycles. The second-order valence-corrected chi connectivity index (χ2v) is 16.8. The molecular formula is C36H60O30. The van der Waals surface area contributed by atoms with Gasteiger partial charge in [0.2, 0.25) is 0 Å². The van der Waals surface area contributed by atoms with E-state index in [9.17, 15) is 91.9 Å². The lowest BCUT2D eigenvalue weighted by atomic mass is 9.94. The predicted octanol–water partition coefficient (Wildman–Crippen LogP) is -13.1. The number of aliphatic hydroxyl groups is 18. The molecule has 0 aromatic rings. The van der Waals surface area contributed by atoms with Gasteiger partial charge in [-0.15, -0.1) is 0 Å². The van der Waals surface area contributed by atoms with Gasteiger partial charge in [-0.25, -0.2) is 0 Å². The number of hydrogen-bond acceptors (Lipinski definition) is 30. The Morgan fingerprint density at radius 2 is 0.303 bits per heavy atom. The standard InChI is InChI=1S/C36H60O30/c37-1-7-25-13(43)19(49)31(55-7)62-26-8(2-38)57-33(21(51)15(26)45)64-28-10(4-40)59-35(23(53)17(28)47)66-30-12(6-42)60-36(24(54)18(30)48)65-29-11(5-41)58-34(22(52)16(29)46)63-27-9(3-39)56-32(61-25)20(50)14(27)44/h7-54H,1-6H2/t7?,8?,9?,10?,11?,12?,13?,14?,15?,16?,17?,18?,19-,20?,21?,22?,23?,24?,25?,26?,27?,28+,29?,30?,31?,32?,33?,34?,35?,36?/m0/s1. The maximum Gasteiger partial charge on any atom is 0.187 e. The van der Waals surface area contributed by atoms with Gasteiger partial charge in [-0.05, 0) is 0 Å². The molecule has 28 unspecified atom stereocenters. The normalized spacial score (nSPS) is 55.4. The summed E-state index contributed by atoms with van der Waals surface area (Å²) in [6, 6.07) is 0. The van der Waals surface area contributed by atoms with Crippen LogP contribution in [-0.2, 0) is 56.8 Å². The van der Waals surface area contributed by atoms with Crippen molar-refractivity contribution in [3.8, 4) is 0 Å². The zero-order chi connectivity index (χ0) is 48.0. The van der Waals surface area contributed by atoms with Crippen LogP contribution < -0.4 is 0 Å². The summed E-state index contributed by atoms with van der Waals surface area (Å²) in [5.41, 5.74) is 0. The Bertz CT molecular complexity index is 1230. The molecule has 30 nitrogen and oxygen atoms in total. The summed E-state index contributed by atoms with van der Waals surface area (Å²) >= 11 is 0. The molecule has 22 saturated heterocycles. The van der Waals surface area contributed by atoms with Crippen LogP contribution >= 0.6 is 0 Å². The molecule has 66 heavy (non-hydrogen) atoms. The van der Waals surface area contributed by atoms with Gasteiger partial charge in [-0.3, -0.25) is 0 Å². The fourth-order valence-electron chi connectivity index (χ4n) is 8.93. The molecule has 22 heterocycles. The Morgan fingerprint density at radius 3 is 0.409 bits per heavy atom. The van der Waals surface area contributed by atoms with Crippen LogP contribution in [0.4, 0.5) is 0 Å². The van der Waals surface area contributed by atoms with Crippen molar-refractivity contribution in [2.75, 3.05) is 39.6 Å². The second kappa shape index (κ2) is 22.1. The van der Waals surface area contributed by atoms with Crippen LogP contribution in [-0.4, -0.2) is 316 Å². The molecule has 0 spiro atoms. The van der Waals surface area contributed by atoms with E-state index in [1.54, 1.807) is 0 Å². The maximum atomic E-state index is 11.2. The monoisotopic (exact) mass is 972 g/mol. The lowest BCUT2D eigenvalue weighted by molar-refractivity contribution is -0.404. The van der Waals surface area contributed by atoms with Crippen LogP contribution in [0.5, 0.6) is 0 Å². The minimum absolute atomic E-state index is 0.999. The largest absolute Gasteiger partial charge is 0.394 e. The van der Waals surface area contributed by atoms with E-state index in [1.807, 2.05) is 0 Å². The van der Waals surface area contributed by atoms with E-state index in [-0.39, 0.29) is 0 Å². The van der Waals surface area contributed by atoms with Gasteiger partial charge in [0.15, 0.2) is 37.7 Å². The van der Waals surface area contributed by atoms with Gasteiger partial charge in [-0.2, -0.15) is 0 Å². The summed E-state index contributed by atoms with van der Waals surface area (Å²) in [6.45, 7) is -5.99. The highest BCUT2D eigenvalue weighted by Gasteiger charge is 2.58. The molecule has 12 bridgehead atoms. The van der Waals surface area contributed by atoms with Crippen LogP contribution in [0.25, 0.3) is 0 Å². The van der Waals surface area contributed by atoms with Crippen molar-refractivity contribution in [3.05, 3.63) is 0 Å². The molecular weight excluding hydrogens is 912 g/mol. The molecule has 30 atom stereocenters. The molecule has 0 aromatic heterocycles. The van der Waals surface area contributed by atoms with E-state index >= 15 is 0 Å². The third kappa shape index (κ3) is 10.0. The summed E-state index contributed by atoms with van der Waals surface area (Å²) in [4.78, 5) is 0. The highest BCUT2D eigenvalue weighted by Crippen LogP contribution is 2.38. The Morgan fingerprint density at radius 1 is 0.182 bits per heavy atom. The highest BCUT2D eigenvalue weighted by molar-refractivity contribution is 5.01. The van der Waals surface area contributed by atoms with E-state index < -0.39 is 224 Å². The predicted molar refractivity (Wildman–Crippen MR) is 196 cm³/mol. The molecule has 0 saturated carbocycles. The molecule has 384 valence electrons. The third-order valence-electron chi connectivity index (χ3n) is 12.7. The summed E-state index contributed by atoms with van der Waals surface area (Å²) in [5.74, 6) is 0. The molecule has 0 amide bonds. The highest BCUT2D eigenvalue weighted by atomic mass is 16.8. The first-order chi connectivity index (χ1) is 31.4. The molecule has 0 aliphatic carbocycles. The van der Waals surface area contributed by atoms with Crippen LogP contribution in [0.2, 0.25) is 0 Å². The van der Waals surface area contributed by atoms with Crippen molar-refractivity contribution in [1.82, 2.24) is 0 Å². The number of rotatable bonds is 6. The summed E-state index contributed by atoms with van der Waals surface area (Å²) in [5, 5.41) is 196. The van der Waals surface area contributed by atoms with Crippen molar-refractivity contribution < 1.29 is 149 Å². The Hall–Kier alpha value is -1.20. The zero-order valence-corrected chi connectivity index (χ0v) is 34.5. The van der Waals surface area contributed by atoms with Crippen LogP contribution in [0.1, 0.15) is 0 Å². The fourth-order valence-corrected chi connectivity index (χ4v) is 8.93. The second-order valence-electron chi connectivity index (χ2n) is 16.8. The van der Waals surface area contributed by atoms with E-state index in [4.69, 9.17) is 56.8 Å². The van der Waals surface area contributed by atoms with Crippen LogP contribution in [0.15, 0.2) is 0 Å². The Balaban J connectivity index is 1.19. The third-order valence-corrected chi connectivity index (χ3v) is 12.7. The Kier molecular flexibility index (Phi) is 17.6. The molecule has 0 radical (unpaired) electrons. The van der Waals surface area contributed by atoms with Crippen LogP contribution in [0.3, 0.4) is 0 Å². The summed E-state index contributed by atoms with van der Waals surface area (Å²) < 4.78 is 67.9. The number of ether oxygens (including phenoxy) is 12. The van der Waals surface area contributed by atoms with Gasteiger partial charge in [0.25, 0.3) is 0 Å². The summed E-state index contributed by atoms with van der Waals surface area (Å²) in [6.07, 6.45) is -58.5. The molecule has 18 N–H and O–H groups in total. The van der Waals surface area contributed by atoms with Crippen LogP contribution in [0, 0.1) is 0 Å². The first-order valence-electron chi connectivity index (χ1n) is 21.1. The minimum atomic E-state index is -2.15. The van der Waals surface area contributed by atoms with Gasteiger partial charge < -0.3 is 149 Å². The molecule has 22 rings (SSSR count). The smallest absolute Gasteiger partial charge is 0.187 e. The van der Waals surface area contributed by atoms with Gasteiger partial charge in [-0.1, -0.05) is 0 Å². The van der Waals surface area contributed by atoms with Gasteiger partial charge in [0, 0.05) is 0 Å². The zero-order valence-electron chi connectivity index (χ0n) is 34.5. The lowest BCUT2D eigenvalue weighted by Crippen LogP contribution is -2.69.